The Hall–Kier alpha value is -1.92. The van der Waals surface area contributed by atoms with E-state index in [1.807, 2.05) is 35.9 Å². The van der Waals surface area contributed by atoms with Crippen molar-refractivity contribution in [3.05, 3.63) is 35.8 Å². The number of hydrogen-bond acceptors (Lipinski definition) is 4. The number of pyridine rings is 1. The third-order valence-corrected chi connectivity index (χ3v) is 5.77. The number of aryl methyl sites for hydroxylation is 1. The van der Waals surface area contributed by atoms with Crippen LogP contribution in [0.1, 0.15) is 30.5 Å². The van der Waals surface area contributed by atoms with Gasteiger partial charge in [-0.05, 0) is 43.7 Å². The van der Waals surface area contributed by atoms with Gasteiger partial charge in [0.2, 0.25) is 5.91 Å². The predicted octanol–water partition coefficient (Wildman–Crippen LogP) is 2.13. The highest BCUT2D eigenvalue weighted by atomic mass is 16.5. The molecule has 2 saturated heterocycles. The Morgan fingerprint density at radius 2 is 2.08 bits per heavy atom. The van der Waals surface area contributed by atoms with Gasteiger partial charge in [0.1, 0.15) is 5.65 Å². The van der Waals surface area contributed by atoms with Crippen LogP contribution in [-0.4, -0.2) is 47.8 Å². The molecule has 0 radical (unpaired) electrons. The summed E-state index contributed by atoms with van der Waals surface area (Å²) in [6, 6.07) is 4.22. The summed E-state index contributed by atoms with van der Waals surface area (Å²) >= 11 is 0. The van der Waals surface area contributed by atoms with Gasteiger partial charge >= 0.3 is 0 Å². The number of amides is 1. The normalized spacial score (nSPS) is 24.7. The molecule has 6 nitrogen and oxygen atoms in total. The molecule has 0 bridgehead atoms. The van der Waals surface area contributed by atoms with Gasteiger partial charge in [-0.2, -0.15) is 0 Å². The third kappa shape index (κ3) is 3.62. The van der Waals surface area contributed by atoms with Crippen molar-refractivity contribution in [2.75, 3.05) is 26.4 Å². The molecular weight excluding hydrogens is 330 g/mol. The zero-order valence-electron chi connectivity index (χ0n) is 15.3. The third-order valence-electron chi connectivity index (χ3n) is 5.77. The quantitative estimate of drug-likeness (QED) is 0.910. The Morgan fingerprint density at radius 3 is 2.92 bits per heavy atom. The number of ether oxygens (including phenoxy) is 2. The lowest BCUT2D eigenvalue weighted by Crippen LogP contribution is -2.49. The monoisotopic (exact) mass is 357 g/mol. The van der Waals surface area contributed by atoms with Crippen molar-refractivity contribution < 1.29 is 14.3 Å². The fourth-order valence-corrected chi connectivity index (χ4v) is 4.30. The van der Waals surface area contributed by atoms with Crippen LogP contribution < -0.4 is 5.32 Å². The highest BCUT2D eigenvalue weighted by Crippen LogP contribution is 2.30. The van der Waals surface area contributed by atoms with E-state index in [1.54, 1.807) is 0 Å². The Bertz CT molecular complexity index is 767. The van der Waals surface area contributed by atoms with Crippen LogP contribution >= 0.6 is 0 Å². The second kappa shape index (κ2) is 7.76. The van der Waals surface area contributed by atoms with E-state index in [1.165, 1.54) is 0 Å². The van der Waals surface area contributed by atoms with Crippen LogP contribution in [0.3, 0.4) is 0 Å². The zero-order chi connectivity index (χ0) is 17.9. The maximum atomic E-state index is 12.7. The summed E-state index contributed by atoms with van der Waals surface area (Å²) in [5.41, 5.74) is 2.96. The van der Waals surface area contributed by atoms with Gasteiger partial charge in [-0.15, -0.1) is 0 Å². The lowest BCUT2D eigenvalue weighted by Gasteiger charge is -2.39. The molecular formula is C20H27N3O3. The maximum Gasteiger partial charge on any atom is 0.226 e. The van der Waals surface area contributed by atoms with E-state index in [9.17, 15) is 4.79 Å². The number of carbonyl (C=O) groups excluding carboxylic acids is 1. The number of imidazole rings is 1. The summed E-state index contributed by atoms with van der Waals surface area (Å²) in [4.78, 5) is 17.2. The molecule has 2 aliphatic rings. The summed E-state index contributed by atoms with van der Waals surface area (Å²) in [7, 11) is 0. The number of aromatic nitrogens is 2. The molecule has 2 aromatic rings. The van der Waals surface area contributed by atoms with Crippen LogP contribution in [0.4, 0.5) is 0 Å². The number of fused-ring (bicyclic) bond motifs is 1. The Kier molecular flexibility index (Phi) is 5.22. The van der Waals surface area contributed by atoms with Gasteiger partial charge in [-0.1, -0.05) is 6.07 Å². The molecule has 0 saturated carbocycles. The van der Waals surface area contributed by atoms with Gasteiger partial charge in [0.25, 0.3) is 0 Å². The molecule has 2 fully saturated rings. The van der Waals surface area contributed by atoms with Crippen LogP contribution in [0.5, 0.6) is 0 Å². The number of carbonyl (C=O) groups is 1. The van der Waals surface area contributed by atoms with E-state index in [0.717, 1.165) is 62.6 Å². The van der Waals surface area contributed by atoms with Gasteiger partial charge in [-0.3, -0.25) is 4.79 Å². The minimum absolute atomic E-state index is 0.0669. The van der Waals surface area contributed by atoms with Crippen molar-refractivity contribution >= 4 is 11.6 Å². The molecule has 26 heavy (non-hydrogen) atoms. The second-order valence-corrected chi connectivity index (χ2v) is 7.46. The summed E-state index contributed by atoms with van der Waals surface area (Å²) < 4.78 is 13.2. The van der Waals surface area contributed by atoms with Gasteiger partial charge < -0.3 is 19.2 Å². The first-order valence-corrected chi connectivity index (χ1v) is 9.59. The fourth-order valence-electron chi connectivity index (χ4n) is 4.30. The average Bonchev–Trinajstić information content (AvgIpc) is 3.07. The summed E-state index contributed by atoms with van der Waals surface area (Å²) in [6.45, 7) is 5.14. The molecule has 2 atom stereocenters. The molecule has 0 spiro atoms. The fraction of sp³-hybridized carbons (Fsp3) is 0.600. The van der Waals surface area contributed by atoms with E-state index in [2.05, 4.69) is 10.3 Å². The lowest BCUT2D eigenvalue weighted by molar-refractivity contribution is -0.123. The van der Waals surface area contributed by atoms with Crippen LogP contribution in [0.25, 0.3) is 5.65 Å². The minimum Gasteiger partial charge on any atom is -0.381 e. The molecule has 4 heterocycles. The molecule has 2 aliphatic heterocycles. The highest BCUT2D eigenvalue weighted by molar-refractivity contribution is 5.78. The first-order chi connectivity index (χ1) is 12.7. The van der Waals surface area contributed by atoms with E-state index < -0.39 is 0 Å². The maximum absolute atomic E-state index is 12.7. The highest BCUT2D eigenvalue weighted by Gasteiger charge is 2.34. The lowest BCUT2D eigenvalue weighted by atomic mass is 9.79. The van der Waals surface area contributed by atoms with Gasteiger partial charge in [0, 0.05) is 44.2 Å². The Balaban J connectivity index is 1.43. The smallest absolute Gasteiger partial charge is 0.226 e. The number of hydrogen-bond donors (Lipinski definition) is 1. The summed E-state index contributed by atoms with van der Waals surface area (Å²) in [5.74, 6) is 1.03. The predicted molar refractivity (Wildman–Crippen MR) is 98.0 cm³/mol. The van der Waals surface area contributed by atoms with Crippen molar-refractivity contribution in [3.63, 3.8) is 0 Å². The molecule has 2 aromatic heterocycles. The van der Waals surface area contributed by atoms with Crippen molar-refractivity contribution in [2.45, 2.75) is 38.6 Å². The van der Waals surface area contributed by atoms with E-state index in [0.29, 0.717) is 18.3 Å². The standard InChI is InChI=1S/C20H27N3O3/c1-14-3-2-7-23-16(12-21-20(14)23)11-19(24)22-18-6-10-26-13-17(18)15-4-8-25-9-5-15/h2-3,7,12,15,17-18H,4-6,8-11,13H2,1H3,(H,22,24)/t17-,18-/m1/s1. The Labute approximate surface area is 153 Å². The molecule has 4 rings (SSSR count). The number of nitrogens with one attached hydrogen (secondary N) is 1. The van der Waals surface area contributed by atoms with E-state index in [-0.39, 0.29) is 11.9 Å². The van der Waals surface area contributed by atoms with Crippen molar-refractivity contribution in [1.29, 1.82) is 0 Å². The van der Waals surface area contributed by atoms with Crippen LogP contribution in [0.15, 0.2) is 24.5 Å². The van der Waals surface area contributed by atoms with Gasteiger partial charge in [-0.25, -0.2) is 4.98 Å². The van der Waals surface area contributed by atoms with Crippen molar-refractivity contribution in [1.82, 2.24) is 14.7 Å². The van der Waals surface area contributed by atoms with E-state index in [4.69, 9.17) is 9.47 Å². The van der Waals surface area contributed by atoms with Crippen LogP contribution in [0, 0.1) is 18.8 Å². The first-order valence-electron chi connectivity index (χ1n) is 9.59. The van der Waals surface area contributed by atoms with E-state index >= 15 is 0 Å². The largest absolute Gasteiger partial charge is 0.381 e. The molecule has 0 unspecified atom stereocenters. The summed E-state index contributed by atoms with van der Waals surface area (Å²) in [6.07, 6.45) is 7.14. The van der Waals surface area contributed by atoms with Crippen LogP contribution in [-0.2, 0) is 20.7 Å². The van der Waals surface area contributed by atoms with Crippen LogP contribution in [0.2, 0.25) is 0 Å². The number of nitrogens with zero attached hydrogens (tertiary/aromatic N) is 2. The van der Waals surface area contributed by atoms with Crippen molar-refractivity contribution in [2.24, 2.45) is 11.8 Å². The van der Waals surface area contributed by atoms with Gasteiger partial charge in [0.05, 0.1) is 18.7 Å². The molecule has 140 valence electrons. The summed E-state index contributed by atoms with van der Waals surface area (Å²) in [5, 5.41) is 3.28. The molecule has 6 heteroatoms. The topological polar surface area (TPSA) is 64.9 Å². The first kappa shape index (κ1) is 17.5. The molecule has 1 amide bonds. The molecule has 0 aromatic carbocycles. The van der Waals surface area contributed by atoms with Crippen molar-refractivity contribution in [3.8, 4) is 0 Å². The average molecular weight is 357 g/mol. The SMILES string of the molecule is Cc1cccn2c(CC(=O)N[C@@H]3CCOC[C@@H]3C3CCOCC3)cnc12. The number of rotatable bonds is 4. The Morgan fingerprint density at radius 1 is 1.27 bits per heavy atom. The van der Waals surface area contributed by atoms with Gasteiger partial charge in [0.15, 0.2) is 0 Å². The zero-order valence-corrected chi connectivity index (χ0v) is 15.3. The minimum atomic E-state index is 0.0669. The molecule has 1 N–H and O–H groups in total. The second-order valence-electron chi connectivity index (χ2n) is 7.46. The molecule has 0 aliphatic carbocycles.